The van der Waals surface area contributed by atoms with E-state index in [2.05, 4.69) is 47.9 Å². The molecule has 0 radical (unpaired) electrons. The monoisotopic (exact) mass is 441 g/mol. The number of piperidine rings is 1. The Kier molecular flexibility index (Phi) is 7.40. The number of aryl methyl sites for hydroxylation is 1. The van der Waals surface area contributed by atoms with Crippen LogP contribution >= 0.6 is 0 Å². The summed E-state index contributed by atoms with van der Waals surface area (Å²) in [7, 11) is 0. The Morgan fingerprint density at radius 1 is 0.939 bits per heavy atom. The molecule has 0 spiro atoms. The molecule has 3 amide bonds. The van der Waals surface area contributed by atoms with Gasteiger partial charge in [0, 0.05) is 36.8 Å². The Balaban J connectivity index is 1.36. The van der Waals surface area contributed by atoms with Gasteiger partial charge >= 0.3 is 6.03 Å². The van der Waals surface area contributed by atoms with E-state index < -0.39 is 0 Å². The van der Waals surface area contributed by atoms with Crippen molar-refractivity contribution in [2.45, 2.75) is 38.6 Å². The number of likely N-dealkylation sites (tertiary alicyclic amines) is 1. The molecule has 0 unspecified atom stereocenters. The van der Waals surface area contributed by atoms with Gasteiger partial charge < -0.3 is 15.5 Å². The summed E-state index contributed by atoms with van der Waals surface area (Å²) in [4.78, 5) is 27.4. The zero-order valence-electron chi connectivity index (χ0n) is 19.1. The number of urea groups is 1. The number of para-hydroxylation sites is 1. The Morgan fingerprint density at radius 3 is 2.45 bits per heavy atom. The molecule has 0 saturated carbocycles. The lowest BCUT2D eigenvalue weighted by Crippen LogP contribution is -2.41. The third-order valence-corrected chi connectivity index (χ3v) is 6.24. The van der Waals surface area contributed by atoms with E-state index in [1.165, 1.54) is 5.56 Å². The minimum absolute atomic E-state index is 0.0751. The van der Waals surface area contributed by atoms with E-state index in [1.807, 2.05) is 53.4 Å². The number of amides is 3. The van der Waals surface area contributed by atoms with Crippen molar-refractivity contribution >= 4 is 17.6 Å². The van der Waals surface area contributed by atoms with Crippen molar-refractivity contribution in [2.75, 3.05) is 18.4 Å². The van der Waals surface area contributed by atoms with Crippen molar-refractivity contribution in [3.8, 4) is 0 Å². The van der Waals surface area contributed by atoms with E-state index >= 15 is 0 Å². The Hall–Kier alpha value is -3.60. The first kappa shape index (κ1) is 22.6. The van der Waals surface area contributed by atoms with Crippen LogP contribution in [0, 0.1) is 0 Å². The number of carbonyl (C=O) groups excluding carboxylic acids is 2. The van der Waals surface area contributed by atoms with Gasteiger partial charge in [-0.25, -0.2) is 4.79 Å². The minimum Gasteiger partial charge on any atom is -0.348 e. The fourth-order valence-electron chi connectivity index (χ4n) is 4.27. The first-order valence-corrected chi connectivity index (χ1v) is 11.7. The molecular weight excluding hydrogens is 410 g/mol. The van der Waals surface area contributed by atoms with Crippen LogP contribution in [0.2, 0.25) is 0 Å². The van der Waals surface area contributed by atoms with Gasteiger partial charge in [-0.1, -0.05) is 61.5 Å². The van der Waals surface area contributed by atoms with Crippen LogP contribution in [0.4, 0.5) is 10.5 Å². The highest BCUT2D eigenvalue weighted by Gasteiger charge is 2.25. The number of carbonyl (C=O) groups is 2. The number of nitrogens with one attached hydrogen (secondary N) is 2. The molecule has 1 aliphatic rings. The number of rotatable bonds is 6. The minimum atomic E-state index is -0.0779. The SMILES string of the molecule is CCc1ccc(CNC(=O)c2cccc([C@@H]3CCCN(C(=O)Nc4ccccc4)C3)c2)cc1. The fourth-order valence-corrected chi connectivity index (χ4v) is 4.27. The van der Waals surface area contributed by atoms with Crippen molar-refractivity contribution in [1.29, 1.82) is 0 Å². The zero-order valence-corrected chi connectivity index (χ0v) is 19.1. The van der Waals surface area contributed by atoms with Crippen molar-refractivity contribution in [3.63, 3.8) is 0 Å². The third kappa shape index (κ3) is 6.01. The van der Waals surface area contributed by atoms with Gasteiger partial charge in [0.2, 0.25) is 0 Å². The van der Waals surface area contributed by atoms with Crippen LogP contribution in [0.3, 0.4) is 0 Å². The molecule has 1 fully saturated rings. The molecule has 5 heteroatoms. The van der Waals surface area contributed by atoms with Crippen LogP contribution in [-0.2, 0) is 13.0 Å². The fraction of sp³-hybridized carbons (Fsp3) is 0.286. The number of anilines is 1. The lowest BCUT2D eigenvalue weighted by atomic mass is 9.89. The highest BCUT2D eigenvalue weighted by molar-refractivity contribution is 5.94. The molecule has 33 heavy (non-hydrogen) atoms. The van der Waals surface area contributed by atoms with Crippen LogP contribution in [0.1, 0.15) is 52.7 Å². The van der Waals surface area contributed by atoms with E-state index in [9.17, 15) is 9.59 Å². The molecule has 4 rings (SSSR count). The lowest BCUT2D eigenvalue weighted by Gasteiger charge is -2.33. The van der Waals surface area contributed by atoms with Gasteiger partial charge in [0.15, 0.2) is 0 Å². The normalized spacial score (nSPS) is 15.7. The molecule has 0 bridgehead atoms. The predicted octanol–water partition coefficient (Wildman–Crippen LogP) is 5.59. The zero-order chi connectivity index (χ0) is 23.0. The van der Waals surface area contributed by atoms with Gasteiger partial charge in [-0.15, -0.1) is 0 Å². The summed E-state index contributed by atoms with van der Waals surface area (Å²) in [6.45, 7) is 4.02. The van der Waals surface area contributed by atoms with Crippen LogP contribution in [0.15, 0.2) is 78.9 Å². The lowest BCUT2D eigenvalue weighted by molar-refractivity contribution is 0.0950. The van der Waals surface area contributed by atoms with Gasteiger partial charge in [-0.2, -0.15) is 0 Å². The summed E-state index contributed by atoms with van der Waals surface area (Å²) in [5.74, 6) is 0.139. The van der Waals surface area contributed by atoms with E-state index in [0.717, 1.165) is 42.6 Å². The van der Waals surface area contributed by atoms with Gasteiger partial charge in [0.1, 0.15) is 0 Å². The average Bonchev–Trinajstić information content (AvgIpc) is 2.88. The standard InChI is InChI=1S/C28H31N3O2/c1-2-21-13-15-22(16-14-21)19-29-27(32)24-9-6-8-23(18-24)25-10-7-17-31(20-25)28(33)30-26-11-4-3-5-12-26/h3-6,8-9,11-16,18,25H,2,7,10,17,19-20H2,1H3,(H,29,32)(H,30,33)/t25-/m1/s1. The Morgan fingerprint density at radius 2 is 1.70 bits per heavy atom. The van der Waals surface area contributed by atoms with Crippen molar-refractivity contribution in [1.82, 2.24) is 10.2 Å². The second-order valence-electron chi connectivity index (χ2n) is 8.56. The maximum Gasteiger partial charge on any atom is 0.321 e. The van der Waals surface area contributed by atoms with Gasteiger partial charge in [-0.05, 0) is 60.2 Å². The number of nitrogens with zero attached hydrogens (tertiary/aromatic N) is 1. The molecular formula is C28H31N3O2. The van der Waals surface area contributed by atoms with Crippen LogP contribution in [0.5, 0.6) is 0 Å². The molecule has 170 valence electrons. The first-order valence-electron chi connectivity index (χ1n) is 11.7. The van der Waals surface area contributed by atoms with Gasteiger partial charge in [0.25, 0.3) is 5.91 Å². The average molecular weight is 442 g/mol. The summed E-state index contributed by atoms with van der Waals surface area (Å²) < 4.78 is 0. The smallest absolute Gasteiger partial charge is 0.321 e. The molecule has 1 saturated heterocycles. The number of benzene rings is 3. The van der Waals surface area contributed by atoms with Crippen molar-refractivity contribution in [2.24, 2.45) is 0 Å². The Bertz CT molecular complexity index is 1080. The molecule has 0 aliphatic carbocycles. The topological polar surface area (TPSA) is 61.4 Å². The van der Waals surface area contributed by atoms with E-state index in [-0.39, 0.29) is 17.9 Å². The highest BCUT2D eigenvalue weighted by atomic mass is 16.2. The van der Waals surface area contributed by atoms with E-state index in [4.69, 9.17) is 0 Å². The molecule has 0 aromatic heterocycles. The molecule has 3 aromatic rings. The second kappa shape index (κ2) is 10.8. The van der Waals surface area contributed by atoms with Crippen LogP contribution < -0.4 is 10.6 Å². The summed E-state index contributed by atoms with van der Waals surface area (Å²) in [6.07, 6.45) is 2.95. The molecule has 5 nitrogen and oxygen atoms in total. The predicted molar refractivity (Wildman–Crippen MR) is 132 cm³/mol. The number of hydrogen-bond donors (Lipinski definition) is 2. The third-order valence-electron chi connectivity index (χ3n) is 6.24. The first-order chi connectivity index (χ1) is 16.1. The summed E-state index contributed by atoms with van der Waals surface area (Å²) in [5, 5.41) is 6.00. The maximum absolute atomic E-state index is 12.8. The summed E-state index contributed by atoms with van der Waals surface area (Å²) >= 11 is 0. The largest absolute Gasteiger partial charge is 0.348 e. The van der Waals surface area contributed by atoms with Gasteiger partial charge in [-0.3, -0.25) is 4.79 Å². The van der Waals surface area contributed by atoms with Crippen LogP contribution in [-0.4, -0.2) is 29.9 Å². The molecule has 2 N–H and O–H groups in total. The maximum atomic E-state index is 12.8. The van der Waals surface area contributed by atoms with E-state index in [0.29, 0.717) is 18.7 Å². The molecule has 1 aliphatic heterocycles. The Labute approximate surface area is 195 Å². The second-order valence-corrected chi connectivity index (χ2v) is 8.56. The molecule has 1 atom stereocenters. The molecule has 1 heterocycles. The van der Waals surface area contributed by atoms with Crippen LogP contribution in [0.25, 0.3) is 0 Å². The van der Waals surface area contributed by atoms with Crippen molar-refractivity contribution in [3.05, 3.63) is 101 Å². The number of hydrogen-bond acceptors (Lipinski definition) is 2. The quantitative estimate of drug-likeness (QED) is 0.524. The molecule has 3 aromatic carbocycles. The highest BCUT2D eigenvalue weighted by Crippen LogP contribution is 2.28. The summed E-state index contributed by atoms with van der Waals surface area (Å²) in [5.41, 5.74) is 4.93. The van der Waals surface area contributed by atoms with Gasteiger partial charge in [0.05, 0.1) is 0 Å². The summed E-state index contributed by atoms with van der Waals surface area (Å²) in [6, 6.07) is 25.6. The van der Waals surface area contributed by atoms with Crippen molar-refractivity contribution < 1.29 is 9.59 Å². The van der Waals surface area contributed by atoms with E-state index in [1.54, 1.807) is 0 Å².